The number of carbonyl (C=O) groups is 2. The van der Waals surface area contributed by atoms with E-state index in [9.17, 15) is 9.59 Å². The van der Waals surface area contributed by atoms with Crippen molar-refractivity contribution in [1.29, 1.82) is 0 Å². The highest BCUT2D eigenvalue weighted by Gasteiger charge is 2.34. The molecule has 0 fully saturated rings. The molecular formula is C11H9NO4. The van der Waals surface area contributed by atoms with E-state index in [4.69, 9.17) is 9.84 Å². The molecule has 5 nitrogen and oxygen atoms in total. The Morgan fingerprint density at radius 3 is 3.00 bits per heavy atom. The minimum Gasteiger partial charge on any atom is -0.490 e. The van der Waals surface area contributed by atoms with Crippen LogP contribution >= 0.6 is 0 Å². The molecule has 0 aliphatic carbocycles. The first-order valence-corrected chi connectivity index (χ1v) is 5.00. The third-order valence-corrected chi connectivity index (χ3v) is 2.89. The fourth-order valence-electron chi connectivity index (χ4n) is 2.21. The van der Waals surface area contributed by atoms with Gasteiger partial charge in [-0.1, -0.05) is 0 Å². The first-order valence-electron chi connectivity index (χ1n) is 5.00. The molecule has 3 rings (SSSR count). The molecule has 0 saturated heterocycles. The lowest BCUT2D eigenvalue weighted by atomic mass is 10.1. The Morgan fingerprint density at radius 2 is 2.25 bits per heavy atom. The van der Waals surface area contributed by atoms with Crippen LogP contribution in [-0.4, -0.2) is 30.1 Å². The molecule has 0 bridgehead atoms. The summed E-state index contributed by atoms with van der Waals surface area (Å²) < 4.78 is 5.40. The zero-order chi connectivity index (χ0) is 11.3. The van der Waals surface area contributed by atoms with Crippen LogP contribution in [0.2, 0.25) is 0 Å². The number of hydrogen-bond acceptors (Lipinski definition) is 3. The van der Waals surface area contributed by atoms with E-state index in [0.717, 1.165) is 11.3 Å². The highest BCUT2D eigenvalue weighted by Crippen LogP contribution is 2.40. The summed E-state index contributed by atoms with van der Waals surface area (Å²) >= 11 is 0. The average molecular weight is 219 g/mol. The number of ether oxygens (including phenoxy) is 1. The predicted molar refractivity (Wildman–Crippen MR) is 55.0 cm³/mol. The molecule has 2 aliphatic heterocycles. The Balaban J connectivity index is 2.21. The second-order valence-electron chi connectivity index (χ2n) is 3.86. The summed E-state index contributed by atoms with van der Waals surface area (Å²) in [6.07, 6.45) is 0.271. The van der Waals surface area contributed by atoms with Gasteiger partial charge in [0.15, 0.2) is 0 Å². The van der Waals surface area contributed by atoms with Gasteiger partial charge in [0.2, 0.25) is 5.91 Å². The second-order valence-corrected chi connectivity index (χ2v) is 3.86. The number of carboxylic acid groups (broad SMARTS) is 1. The van der Waals surface area contributed by atoms with E-state index in [1.807, 2.05) is 0 Å². The predicted octanol–water partition coefficient (Wildman–Crippen LogP) is 0.666. The number of benzene rings is 1. The van der Waals surface area contributed by atoms with Crippen molar-refractivity contribution in [3.8, 4) is 5.75 Å². The summed E-state index contributed by atoms with van der Waals surface area (Å²) in [6.45, 7) is 0.965. The van der Waals surface area contributed by atoms with Crippen molar-refractivity contribution >= 4 is 17.6 Å². The van der Waals surface area contributed by atoms with E-state index < -0.39 is 5.97 Å². The molecule has 5 heteroatoms. The zero-order valence-electron chi connectivity index (χ0n) is 8.40. The van der Waals surface area contributed by atoms with Crippen LogP contribution < -0.4 is 9.64 Å². The van der Waals surface area contributed by atoms with E-state index in [1.165, 1.54) is 6.07 Å². The van der Waals surface area contributed by atoms with E-state index in [0.29, 0.717) is 18.9 Å². The van der Waals surface area contributed by atoms with Gasteiger partial charge < -0.3 is 14.7 Å². The number of aromatic carboxylic acids is 1. The normalized spacial score (nSPS) is 17.0. The molecule has 0 aromatic heterocycles. The van der Waals surface area contributed by atoms with Gasteiger partial charge in [0.05, 0.1) is 24.2 Å². The highest BCUT2D eigenvalue weighted by molar-refractivity contribution is 6.05. The Labute approximate surface area is 91.2 Å². The smallest absolute Gasteiger partial charge is 0.335 e. The highest BCUT2D eigenvalue weighted by atomic mass is 16.5. The number of hydrogen-bond donors (Lipinski definition) is 1. The lowest BCUT2D eigenvalue weighted by molar-refractivity contribution is -0.117. The molecule has 0 spiro atoms. The molecule has 1 N–H and O–H groups in total. The number of amides is 1. The van der Waals surface area contributed by atoms with Gasteiger partial charge in [0, 0.05) is 0 Å². The minimum atomic E-state index is -1.00. The lowest BCUT2D eigenvalue weighted by Gasteiger charge is -2.25. The fraction of sp³-hybridized carbons (Fsp3) is 0.273. The van der Waals surface area contributed by atoms with Gasteiger partial charge >= 0.3 is 5.97 Å². The van der Waals surface area contributed by atoms with E-state index in [2.05, 4.69) is 0 Å². The molecule has 2 aliphatic rings. The number of nitrogens with zero attached hydrogens (tertiary/aromatic N) is 1. The van der Waals surface area contributed by atoms with Crippen LogP contribution in [0.4, 0.5) is 5.69 Å². The van der Waals surface area contributed by atoms with Crippen molar-refractivity contribution in [2.45, 2.75) is 6.42 Å². The summed E-state index contributed by atoms with van der Waals surface area (Å²) in [6, 6.07) is 3.03. The molecule has 0 saturated carbocycles. The quantitative estimate of drug-likeness (QED) is 0.753. The summed E-state index contributed by atoms with van der Waals surface area (Å²) in [5.74, 6) is -0.479. The monoisotopic (exact) mass is 219 g/mol. The van der Waals surface area contributed by atoms with Crippen molar-refractivity contribution in [3.05, 3.63) is 23.3 Å². The van der Waals surface area contributed by atoms with Crippen molar-refractivity contribution in [3.63, 3.8) is 0 Å². The number of rotatable bonds is 1. The standard InChI is InChI=1S/C11H9NO4/c13-9-5-6-3-7(11(14)15)4-8-10(6)12(9)1-2-16-8/h3-4H,1-2,5H2,(H,14,15). The molecular weight excluding hydrogens is 210 g/mol. The molecule has 0 atom stereocenters. The van der Waals surface area contributed by atoms with Gasteiger partial charge in [0.1, 0.15) is 12.4 Å². The molecule has 16 heavy (non-hydrogen) atoms. The van der Waals surface area contributed by atoms with Gasteiger partial charge in [-0.25, -0.2) is 4.79 Å². The average Bonchev–Trinajstić information content (AvgIpc) is 2.58. The third kappa shape index (κ3) is 1.11. The van der Waals surface area contributed by atoms with Gasteiger partial charge in [-0.05, 0) is 17.7 Å². The summed E-state index contributed by atoms with van der Waals surface area (Å²) in [5, 5.41) is 8.93. The molecule has 1 aromatic rings. The van der Waals surface area contributed by atoms with Gasteiger partial charge in [-0.15, -0.1) is 0 Å². The van der Waals surface area contributed by atoms with Crippen LogP contribution in [-0.2, 0) is 11.2 Å². The summed E-state index contributed by atoms with van der Waals surface area (Å²) in [4.78, 5) is 24.2. The molecule has 1 aromatic carbocycles. The molecule has 0 radical (unpaired) electrons. The largest absolute Gasteiger partial charge is 0.490 e. The van der Waals surface area contributed by atoms with Gasteiger partial charge in [-0.3, -0.25) is 4.79 Å². The van der Waals surface area contributed by atoms with Crippen LogP contribution in [0.25, 0.3) is 0 Å². The molecule has 2 heterocycles. The Bertz CT molecular complexity index is 509. The summed E-state index contributed by atoms with van der Waals surface area (Å²) in [5.41, 5.74) is 1.67. The van der Waals surface area contributed by atoms with Crippen molar-refractivity contribution in [1.82, 2.24) is 0 Å². The zero-order valence-corrected chi connectivity index (χ0v) is 8.40. The topological polar surface area (TPSA) is 66.8 Å². The van der Waals surface area contributed by atoms with Crippen LogP contribution in [0.3, 0.4) is 0 Å². The maximum Gasteiger partial charge on any atom is 0.335 e. The number of anilines is 1. The SMILES string of the molecule is O=C(O)c1cc2c3c(c1)OCCN3C(=O)C2. The van der Waals surface area contributed by atoms with Crippen LogP contribution in [0.5, 0.6) is 5.75 Å². The first-order chi connectivity index (χ1) is 7.66. The second kappa shape index (κ2) is 2.98. The Kier molecular flexibility index (Phi) is 1.71. The summed E-state index contributed by atoms with van der Waals surface area (Å²) in [7, 11) is 0. The first kappa shape index (κ1) is 9.21. The molecule has 0 unspecified atom stereocenters. The van der Waals surface area contributed by atoms with Crippen LogP contribution in [0.1, 0.15) is 15.9 Å². The number of carboxylic acids is 1. The van der Waals surface area contributed by atoms with Crippen LogP contribution in [0.15, 0.2) is 12.1 Å². The third-order valence-electron chi connectivity index (χ3n) is 2.89. The Morgan fingerprint density at radius 1 is 1.44 bits per heavy atom. The van der Waals surface area contributed by atoms with Crippen molar-refractivity contribution < 1.29 is 19.4 Å². The maximum absolute atomic E-state index is 11.7. The Hall–Kier alpha value is -2.04. The fourth-order valence-corrected chi connectivity index (χ4v) is 2.21. The molecule has 1 amide bonds. The van der Waals surface area contributed by atoms with E-state index in [1.54, 1.807) is 11.0 Å². The minimum absolute atomic E-state index is 0.0158. The van der Waals surface area contributed by atoms with Gasteiger partial charge in [-0.2, -0.15) is 0 Å². The molecule has 82 valence electrons. The maximum atomic E-state index is 11.7. The van der Waals surface area contributed by atoms with Crippen molar-refractivity contribution in [2.24, 2.45) is 0 Å². The van der Waals surface area contributed by atoms with E-state index in [-0.39, 0.29) is 17.9 Å². The lowest BCUT2D eigenvalue weighted by Crippen LogP contribution is -2.34. The van der Waals surface area contributed by atoms with Crippen molar-refractivity contribution in [2.75, 3.05) is 18.1 Å². The van der Waals surface area contributed by atoms with E-state index >= 15 is 0 Å². The van der Waals surface area contributed by atoms with Crippen LogP contribution in [0, 0.1) is 0 Å². The number of carbonyl (C=O) groups excluding carboxylic acids is 1. The van der Waals surface area contributed by atoms with Gasteiger partial charge in [0.25, 0.3) is 0 Å².